The molecule has 0 bridgehead atoms. The van der Waals surface area contributed by atoms with Crippen LogP contribution in [0.4, 0.5) is 0 Å². The van der Waals surface area contributed by atoms with Gasteiger partial charge in [-0.1, -0.05) is 12.1 Å². The summed E-state index contributed by atoms with van der Waals surface area (Å²) in [7, 11) is 0. The molecule has 0 spiro atoms. The van der Waals surface area contributed by atoms with Crippen LogP contribution in [0.25, 0.3) is 5.65 Å². The molecule has 1 unspecified atom stereocenters. The van der Waals surface area contributed by atoms with E-state index in [1.807, 2.05) is 75.7 Å². The minimum atomic E-state index is 0.0504. The van der Waals surface area contributed by atoms with Crippen LogP contribution in [-0.2, 0) is 6.61 Å². The minimum absolute atomic E-state index is 0.0504. The molecule has 0 aliphatic carbocycles. The van der Waals surface area contributed by atoms with E-state index in [1.165, 1.54) is 0 Å². The molecule has 5 rings (SSSR count). The summed E-state index contributed by atoms with van der Waals surface area (Å²) in [5, 5.41) is 3.12. The molecule has 1 aliphatic rings. The quantitative estimate of drug-likeness (QED) is 0.482. The monoisotopic (exact) mass is 418 g/mol. The Labute approximate surface area is 178 Å². The highest BCUT2D eigenvalue weighted by Gasteiger charge is 2.27. The Morgan fingerprint density at radius 2 is 2.20 bits per heavy atom. The van der Waals surface area contributed by atoms with E-state index in [9.17, 15) is 4.79 Å². The number of rotatable bonds is 5. The highest BCUT2D eigenvalue weighted by atomic mass is 32.1. The van der Waals surface area contributed by atoms with Gasteiger partial charge in [0.2, 0.25) is 0 Å². The Bertz CT molecular complexity index is 1120. The number of carbonyl (C=O) groups is 1. The number of nitrogens with zero attached hydrogens (tertiary/aromatic N) is 4. The van der Waals surface area contributed by atoms with Crippen LogP contribution in [0.3, 0.4) is 0 Å². The number of carbonyl (C=O) groups excluding carboxylic acids is 1. The van der Waals surface area contributed by atoms with E-state index >= 15 is 0 Å². The second kappa shape index (κ2) is 8.28. The van der Waals surface area contributed by atoms with Gasteiger partial charge in [0.25, 0.3) is 5.91 Å². The number of ether oxygens (including phenoxy) is 1. The molecule has 152 valence electrons. The topological polar surface area (TPSA) is 59.7 Å². The van der Waals surface area contributed by atoms with Crippen LogP contribution in [0.2, 0.25) is 0 Å². The fourth-order valence-electron chi connectivity index (χ4n) is 3.91. The Morgan fingerprint density at radius 3 is 3.07 bits per heavy atom. The number of pyridine rings is 1. The van der Waals surface area contributed by atoms with Crippen LogP contribution >= 0.6 is 11.3 Å². The van der Waals surface area contributed by atoms with E-state index in [-0.39, 0.29) is 5.91 Å². The molecule has 4 aromatic rings. The molecule has 3 aromatic heterocycles. The zero-order valence-corrected chi connectivity index (χ0v) is 17.3. The SMILES string of the molecule is O=C(c1cccc(OCc2cn3ccccc3n2)c1)N1CCCC(c2nccs2)C1. The lowest BCUT2D eigenvalue weighted by Gasteiger charge is -2.32. The predicted octanol–water partition coefficient (Wildman–Crippen LogP) is 4.39. The lowest BCUT2D eigenvalue weighted by Crippen LogP contribution is -2.39. The van der Waals surface area contributed by atoms with E-state index < -0.39 is 0 Å². The fraction of sp³-hybridized carbons (Fsp3) is 0.261. The van der Waals surface area contributed by atoms with Crippen molar-refractivity contribution >= 4 is 22.9 Å². The molecule has 7 heteroatoms. The van der Waals surface area contributed by atoms with Crippen molar-refractivity contribution in [3.05, 3.63) is 82.7 Å². The molecular weight excluding hydrogens is 396 g/mol. The molecular formula is C23H22N4O2S. The first-order chi connectivity index (χ1) is 14.8. The first kappa shape index (κ1) is 18.8. The largest absolute Gasteiger partial charge is 0.487 e. The predicted molar refractivity (Wildman–Crippen MR) is 116 cm³/mol. The van der Waals surface area contributed by atoms with Crippen LogP contribution in [0.5, 0.6) is 5.75 Å². The third-order valence-electron chi connectivity index (χ3n) is 5.39. The smallest absolute Gasteiger partial charge is 0.254 e. The number of benzene rings is 1. The average Bonchev–Trinajstić information content (AvgIpc) is 3.47. The van der Waals surface area contributed by atoms with Crippen molar-refractivity contribution < 1.29 is 9.53 Å². The number of aromatic nitrogens is 3. The molecule has 1 saturated heterocycles. The molecule has 0 saturated carbocycles. The maximum absolute atomic E-state index is 13.1. The number of amides is 1. The number of piperidine rings is 1. The molecule has 30 heavy (non-hydrogen) atoms. The van der Waals surface area contributed by atoms with Gasteiger partial charge in [0.05, 0.1) is 10.7 Å². The third kappa shape index (κ3) is 3.93. The highest BCUT2D eigenvalue weighted by Crippen LogP contribution is 2.29. The van der Waals surface area contributed by atoms with E-state index in [2.05, 4.69) is 9.97 Å². The van der Waals surface area contributed by atoms with E-state index in [0.717, 1.165) is 42.3 Å². The van der Waals surface area contributed by atoms with Crippen molar-refractivity contribution in [1.82, 2.24) is 19.3 Å². The Morgan fingerprint density at radius 1 is 1.23 bits per heavy atom. The molecule has 1 aromatic carbocycles. The Balaban J connectivity index is 1.26. The van der Waals surface area contributed by atoms with Crippen LogP contribution in [0.15, 0.2) is 66.4 Å². The van der Waals surface area contributed by atoms with Gasteiger partial charge >= 0.3 is 0 Å². The van der Waals surface area contributed by atoms with Crippen LogP contribution in [-0.4, -0.2) is 38.3 Å². The van der Waals surface area contributed by atoms with Gasteiger partial charge in [-0.05, 0) is 43.2 Å². The van der Waals surface area contributed by atoms with Gasteiger partial charge in [0, 0.05) is 48.5 Å². The molecule has 6 nitrogen and oxygen atoms in total. The fourth-order valence-corrected chi connectivity index (χ4v) is 4.68. The lowest BCUT2D eigenvalue weighted by molar-refractivity contribution is 0.0706. The summed E-state index contributed by atoms with van der Waals surface area (Å²) in [5.41, 5.74) is 2.39. The van der Waals surface area contributed by atoms with Gasteiger partial charge in [-0.3, -0.25) is 4.79 Å². The standard InChI is InChI=1S/C23H22N4O2S/c28-23(27-11-4-6-18(14-27)22-24-9-12-30-22)17-5-3-7-20(13-17)29-16-19-15-26-10-2-1-8-21(26)25-19/h1-3,5,7-10,12-13,15,18H,4,6,11,14,16H2. The average molecular weight is 419 g/mol. The van der Waals surface area contributed by atoms with E-state index in [0.29, 0.717) is 23.8 Å². The number of hydrogen-bond acceptors (Lipinski definition) is 5. The Hall–Kier alpha value is -3.19. The number of imidazole rings is 1. The molecule has 1 aliphatic heterocycles. The lowest BCUT2D eigenvalue weighted by atomic mass is 9.98. The first-order valence-electron chi connectivity index (χ1n) is 10.1. The molecule has 1 atom stereocenters. The van der Waals surface area contributed by atoms with Crippen molar-refractivity contribution in [2.75, 3.05) is 13.1 Å². The van der Waals surface area contributed by atoms with Crippen molar-refractivity contribution in [2.45, 2.75) is 25.4 Å². The summed E-state index contributed by atoms with van der Waals surface area (Å²) in [5.74, 6) is 1.05. The van der Waals surface area contributed by atoms with Crippen LogP contribution < -0.4 is 4.74 Å². The van der Waals surface area contributed by atoms with Crippen LogP contribution in [0, 0.1) is 0 Å². The molecule has 4 heterocycles. The normalized spacial score (nSPS) is 16.7. The van der Waals surface area contributed by atoms with E-state index in [1.54, 1.807) is 11.3 Å². The van der Waals surface area contributed by atoms with Crippen molar-refractivity contribution in [3.63, 3.8) is 0 Å². The van der Waals surface area contributed by atoms with Gasteiger partial charge in [-0.25, -0.2) is 9.97 Å². The second-order valence-electron chi connectivity index (χ2n) is 7.48. The van der Waals surface area contributed by atoms with Gasteiger partial charge < -0.3 is 14.0 Å². The molecule has 1 fully saturated rings. The summed E-state index contributed by atoms with van der Waals surface area (Å²) >= 11 is 1.67. The van der Waals surface area contributed by atoms with Gasteiger partial charge in [0.1, 0.15) is 18.0 Å². The summed E-state index contributed by atoms with van der Waals surface area (Å²) in [6.45, 7) is 1.86. The number of thiazole rings is 1. The van der Waals surface area contributed by atoms with Gasteiger partial charge in [-0.2, -0.15) is 0 Å². The number of likely N-dealkylation sites (tertiary alicyclic amines) is 1. The number of fused-ring (bicyclic) bond motifs is 1. The maximum atomic E-state index is 13.1. The van der Waals surface area contributed by atoms with E-state index in [4.69, 9.17) is 4.74 Å². The van der Waals surface area contributed by atoms with Crippen molar-refractivity contribution in [2.24, 2.45) is 0 Å². The maximum Gasteiger partial charge on any atom is 0.254 e. The first-order valence-corrected chi connectivity index (χ1v) is 11.0. The summed E-state index contributed by atoms with van der Waals surface area (Å²) < 4.78 is 7.89. The highest BCUT2D eigenvalue weighted by molar-refractivity contribution is 7.09. The summed E-state index contributed by atoms with van der Waals surface area (Å²) in [4.78, 5) is 24.0. The minimum Gasteiger partial charge on any atom is -0.487 e. The molecule has 0 N–H and O–H groups in total. The summed E-state index contributed by atoms with van der Waals surface area (Å²) in [6.07, 6.45) is 7.84. The van der Waals surface area contributed by atoms with Crippen LogP contribution in [0.1, 0.15) is 39.8 Å². The van der Waals surface area contributed by atoms with Crippen molar-refractivity contribution in [1.29, 1.82) is 0 Å². The molecule has 0 radical (unpaired) electrons. The van der Waals surface area contributed by atoms with Gasteiger partial charge in [0.15, 0.2) is 0 Å². The van der Waals surface area contributed by atoms with Crippen molar-refractivity contribution in [3.8, 4) is 5.75 Å². The zero-order valence-electron chi connectivity index (χ0n) is 16.5. The van der Waals surface area contributed by atoms with Gasteiger partial charge in [-0.15, -0.1) is 11.3 Å². The zero-order chi connectivity index (χ0) is 20.3. The second-order valence-corrected chi connectivity index (χ2v) is 8.40. The number of hydrogen-bond donors (Lipinski definition) is 0. The summed E-state index contributed by atoms with van der Waals surface area (Å²) in [6, 6.07) is 13.3. The Kier molecular flexibility index (Phi) is 5.19. The molecule has 1 amide bonds. The third-order valence-corrected chi connectivity index (χ3v) is 6.33.